The molecule has 1 amide bonds. The normalized spacial score (nSPS) is 12.4. The summed E-state index contributed by atoms with van der Waals surface area (Å²) < 4.78 is 45.3. The number of ether oxygens (including phenoxy) is 1. The Morgan fingerprint density at radius 2 is 1.81 bits per heavy atom. The van der Waals surface area contributed by atoms with Crippen LogP contribution >= 0.6 is 0 Å². The summed E-state index contributed by atoms with van der Waals surface area (Å²) in [4.78, 5) is 12.3. The average molecular weight is 380 g/mol. The number of halogens is 1. The second-order valence-electron chi connectivity index (χ2n) is 5.57. The number of hydrogen-bond donors (Lipinski definition) is 2. The first-order valence-corrected chi connectivity index (χ1v) is 9.53. The molecular formula is C18H21FN2O4S. The molecular weight excluding hydrogens is 359 g/mol. The Kier molecular flexibility index (Phi) is 6.70. The van der Waals surface area contributed by atoms with Gasteiger partial charge in [-0.1, -0.05) is 25.1 Å². The molecule has 1 unspecified atom stereocenters. The molecule has 8 heteroatoms. The number of rotatable bonds is 8. The molecule has 6 nitrogen and oxygen atoms in total. The number of hydrogen-bond acceptors (Lipinski definition) is 4. The number of benzene rings is 2. The van der Waals surface area contributed by atoms with Crippen molar-refractivity contribution in [1.82, 2.24) is 10.0 Å². The summed E-state index contributed by atoms with van der Waals surface area (Å²) in [7, 11) is -2.40. The van der Waals surface area contributed by atoms with E-state index in [0.29, 0.717) is 5.75 Å². The number of sulfonamides is 1. The molecule has 0 aliphatic carbocycles. The minimum atomic E-state index is -3.93. The molecule has 0 spiro atoms. The van der Waals surface area contributed by atoms with Crippen molar-refractivity contribution in [2.24, 2.45) is 0 Å². The summed E-state index contributed by atoms with van der Waals surface area (Å²) in [6.07, 6.45) is 0.262. The van der Waals surface area contributed by atoms with Crippen molar-refractivity contribution in [2.45, 2.75) is 30.8 Å². The number of para-hydroxylation sites is 1. The number of nitrogens with one attached hydrogen (secondary N) is 2. The van der Waals surface area contributed by atoms with Crippen LogP contribution in [-0.2, 0) is 21.4 Å². The van der Waals surface area contributed by atoms with Gasteiger partial charge in [0.15, 0.2) is 0 Å². The first kappa shape index (κ1) is 19.9. The van der Waals surface area contributed by atoms with E-state index in [1.807, 2.05) is 18.2 Å². The fourth-order valence-corrected chi connectivity index (χ4v) is 3.62. The molecule has 0 saturated carbocycles. The lowest BCUT2D eigenvalue weighted by molar-refractivity contribution is -0.122. The standard InChI is InChI=1S/C18H21FN2O4S/c1-3-16(21-26(23,24)15-10-8-14(19)9-11-15)18(22)20-12-13-6-4-5-7-17(13)25-2/h4-11,16,21H,3,12H2,1-2H3,(H,20,22). The van der Waals surface area contributed by atoms with Crippen molar-refractivity contribution in [3.05, 3.63) is 59.9 Å². The van der Waals surface area contributed by atoms with E-state index in [1.54, 1.807) is 13.0 Å². The van der Waals surface area contributed by atoms with Crippen LogP contribution in [0.3, 0.4) is 0 Å². The molecule has 2 aromatic rings. The Morgan fingerprint density at radius 3 is 2.42 bits per heavy atom. The van der Waals surface area contributed by atoms with Gasteiger partial charge in [-0.2, -0.15) is 4.72 Å². The summed E-state index contributed by atoms with van der Waals surface area (Å²) in [5, 5.41) is 2.70. The Labute approximate surface area is 152 Å². The summed E-state index contributed by atoms with van der Waals surface area (Å²) in [5.74, 6) is -0.359. The summed E-state index contributed by atoms with van der Waals surface area (Å²) in [5.41, 5.74) is 0.777. The third-order valence-electron chi connectivity index (χ3n) is 3.79. The van der Waals surface area contributed by atoms with Gasteiger partial charge in [-0.25, -0.2) is 12.8 Å². The van der Waals surface area contributed by atoms with Crippen LogP contribution in [0.4, 0.5) is 4.39 Å². The lowest BCUT2D eigenvalue weighted by atomic mass is 10.2. The summed E-state index contributed by atoms with van der Waals surface area (Å²) in [6.45, 7) is 1.90. The maximum absolute atomic E-state index is 13.0. The van der Waals surface area contributed by atoms with Gasteiger partial charge in [-0.3, -0.25) is 4.79 Å². The van der Waals surface area contributed by atoms with E-state index in [0.717, 1.165) is 29.8 Å². The minimum Gasteiger partial charge on any atom is -0.496 e. The van der Waals surface area contributed by atoms with Crippen LogP contribution in [-0.4, -0.2) is 27.5 Å². The van der Waals surface area contributed by atoms with E-state index < -0.39 is 27.8 Å². The highest BCUT2D eigenvalue weighted by Crippen LogP contribution is 2.17. The highest BCUT2D eigenvalue weighted by Gasteiger charge is 2.24. The van der Waals surface area contributed by atoms with E-state index >= 15 is 0 Å². The Balaban J connectivity index is 2.05. The first-order chi connectivity index (χ1) is 12.4. The molecule has 2 rings (SSSR count). The maximum Gasteiger partial charge on any atom is 0.241 e. The zero-order valence-corrected chi connectivity index (χ0v) is 15.3. The molecule has 0 aliphatic heterocycles. The third-order valence-corrected chi connectivity index (χ3v) is 5.28. The Morgan fingerprint density at radius 1 is 1.15 bits per heavy atom. The highest BCUT2D eigenvalue weighted by molar-refractivity contribution is 7.89. The SMILES string of the molecule is CCC(NS(=O)(=O)c1ccc(F)cc1)C(=O)NCc1ccccc1OC. The molecule has 0 aliphatic rings. The quantitative estimate of drug-likeness (QED) is 0.735. The third kappa shape index (κ3) is 5.03. The van der Waals surface area contributed by atoms with Gasteiger partial charge < -0.3 is 10.1 Å². The van der Waals surface area contributed by atoms with Crippen molar-refractivity contribution in [2.75, 3.05) is 7.11 Å². The summed E-state index contributed by atoms with van der Waals surface area (Å²) >= 11 is 0. The van der Waals surface area contributed by atoms with Crippen LogP contribution < -0.4 is 14.8 Å². The van der Waals surface area contributed by atoms with Crippen LogP contribution in [0.25, 0.3) is 0 Å². The van der Waals surface area contributed by atoms with Crippen molar-refractivity contribution < 1.29 is 22.3 Å². The van der Waals surface area contributed by atoms with Gasteiger partial charge in [0.25, 0.3) is 0 Å². The second-order valence-corrected chi connectivity index (χ2v) is 7.28. The molecule has 1 atom stereocenters. The van der Waals surface area contributed by atoms with E-state index in [1.165, 1.54) is 7.11 Å². The predicted molar refractivity (Wildman–Crippen MR) is 95.6 cm³/mol. The molecule has 0 fully saturated rings. The van der Waals surface area contributed by atoms with Crippen LogP contribution in [0, 0.1) is 5.82 Å². The van der Waals surface area contributed by atoms with E-state index in [4.69, 9.17) is 4.74 Å². The van der Waals surface area contributed by atoms with E-state index in [9.17, 15) is 17.6 Å². The van der Waals surface area contributed by atoms with Gasteiger partial charge in [-0.05, 0) is 36.8 Å². The predicted octanol–water partition coefficient (Wildman–Crippen LogP) is 2.21. The van der Waals surface area contributed by atoms with E-state index in [-0.39, 0.29) is 17.9 Å². The van der Waals surface area contributed by atoms with E-state index in [2.05, 4.69) is 10.0 Å². The first-order valence-electron chi connectivity index (χ1n) is 8.05. The van der Waals surface area contributed by atoms with Gasteiger partial charge >= 0.3 is 0 Å². The molecule has 140 valence electrons. The van der Waals surface area contributed by atoms with Crippen LogP contribution in [0.1, 0.15) is 18.9 Å². The van der Waals surface area contributed by atoms with Gasteiger partial charge in [0.2, 0.25) is 15.9 Å². The minimum absolute atomic E-state index is 0.102. The van der Waals surface area contributed by atoms with Gasteiger partial charge in [0.05, 0.1) is 12.0 Å². The average Bonchev–Trinajstić information content (AvgIpc) is 2.64. The van der Waals surface area contributed by atoms with Gasteiger partial charge in [-0.15, -0.1) is 0 Å². The molecule has 2 aromatic carbocycles. The molecule has 0 radical (unpaired) electrons. The van der Waals surface area contributed by atoms with Crippen LogP contribution in [0.2, 0.25) is 0 Å². The van der Waals surface area contributed by atoms with Crippen LogP contribution in [0.15, 0.2) is 53.4 Å². The summed E-state index contributed by atoms with van der Waals surface area (Å²) in [6, 6.07) is 10.7. The number of methoxy groups -OCH3 is 1. The smallest absolute Gasteiger partial charge is 0.241 e. The zero-order chi connectivity index (χ0) is 19.2. The molecule has 0 heterocycles. The van der Waals surface area contributed by atoms with Crippen molar-refractivity contribution >= 4 is 15.9 Å². The van der Waals surface area contributed by atoms with Gasteiger partial charge in [0.1, 0.15) is 17.6 Å². The fourth-order valence-electron chi connectivity index (χ4n) is 2.35. The second kappa shape index (κ2) is 8.77. The van der Waals surface area contributed by atoms with Crippen molar-refractivity contribution in [3.63, 3.8) is 0 Å². The monoisotopic (exact) mass is 380 g/mol. The van der Waals surface area contributed by atoms with Crippen LogP contribution in [0.5, 0.6) is 5.75 Å². The number of carbonyl (C=O) groups is 1. The Bertz CT molecular complexity index is 854. The lowest BCUT2D eigenvalue weighted by Gasteiger charge is -2.17. The fraction of sp³-hybridized carbons (Fsp3) is 0.278. The largest absolute Gasteiger partial charge is 0.496 e. The lowest BCUT2D eigenvalue weighted by Crippen LogP contribution is -2.46. The molecule has 0 saturated heterocycles. The number of carbonyl (C=O) groups excluding carboxylic acids is 1. The molecule has 2 N–H and O–H groups in total. The van der Waals surface area contributed by atoms with Crippen molar-refractivity contribution in [1.29, 1.82) is 0 Å². The topological polar surface area (TPSA) is 84.5 Å². The maximum atomic E-state index is 13.0. The number of amides is 1. The molecule has 26 heavy (non-hydrogen) atoms. The zero-order valence-electron chi connectivity index (χ0n) is 14.5. The molecule has 0 bridgehead atoms. The highest BCUT2D eigenvalue weighted by atomic mass is 32.2. The Hall–Kier alpha value is -2.45. The van der Waals surface area contributed by atoms with Gasteiger partial charge in [0, 0.05) is 12.1 Å². The molecule has 0 aromatic heterocycles. The van der Waals surface area contributed by atoms with Crippen molar-refractivity contribution in [3.8, 4) is 5.75 Å².